The third-order valence-electron chi connectivity index (χ3n) is 6.79. The van der Waals surface area contributed by atoms with Crippen molar-refractivity contribution in [3.05, 3.63) is 70.8 Å². The molecule has 2 aromatic rings. The van der Waals surface area contributed by atoms with Gasteiger partial charge in [-0.05, 0) is 55.0 Å². The van der Waals surface area contributed by atoms with Crippen molar-refractivity contribution >= 4 is 23.5 Å². The summed E-state index contributed by atoms with van der Waals surface area (Å²) in [6, 6.07) is 13.7. The molecule has 35 heavy (non-hydrogen) atoms. The van der Waals surface area contributed by atoms with Crippen molar-refractivity contribution in [1.29, 1.82) is 0 Å². The lowest BCUT2D eigenvalue weighted by molar-refractivity contribution is -0.137. The topological polar surface area (TPSA) is 77.8 Å². The van der Waals surface area contributed by atoms with Crippen LogP contribution in [0.2, 0.25) is 5.02 Å². The van der Waals surface area contributed by atoms with Crippen LogP contribution in [0.1, 0.15) is 69.6 Å². The van der Waals surface area contributed by atoms with E-state index in [1.807, 2.05) is 55.2 Å². The van der Waals surface area contributed by atoms with Crippen molar-refractivity contribution in [3.8, 4) is 11.1 Å². The van der Waals surface area contributed by atoms with Crippen molar-refractivity contribution in [3.63, 3.8) is 0 Å². The summed E-state index contributed by atoms with van der Waals surface area (Å²) in [4.78, 5) is 25.5. The third-order valence-corrected chi connectivity index (χ3v) is 7.13. The number of nitrogens with zero attached hydrogens (tertiary/aromatic N) is 1. The zero-order valence-corrected chi connectivity index (χ0v) is 21.6. The number of aryl methyl sites for hydroxylation is 1. The van der Waals surface area contributed by atoms with Crippen LogP contribution in [0.4, 0.5) is 0 Å². The first-order valence-electron chi connectivity index (χ1n) is 12.3. The van der Waals surface area contributed by atoms with Crippen LogP contribution in [0, 0.1) is 12.3 Å². The van der Waals surface area contributed by atoms with E-state index in [4.69, 9.17) is 16.7 Å². The number of aliphatic carboxylic acids is 1. The van der Waals surface area contributed by atoms with Crippen LogP contribution in [-0.4, -0.2) is 39.6 Å². The van der Waals surface area contributed by atoms with Crippen molar-refractivity contribution in [2.24, 2.45) is 5.41 Å². The Bertz CT molecular complexity index is 1080. The van der Waals surface area contributed by atoms with E-state index in [1.165, 1.54) is 0 Å². The predicted molar refractivity (Wildman–Crippen MR) is 140 cm³/mol. The quantitative estimate of drug-likeness (QED) is 0.272. The minimum absolute atomic E-state index is 0.0931. The number of carboxylic acid groups (broad SMARTS) is 1. The molecule has 2 aromatic carbocycles. The highest BCUT2D eigenvalue weighted by Crippen LogP contribution is 2.37. The van der Waals surface area contributed by atoms with E-state index < -0.39 is 17.5 Å². The molecule has 1 aliphatic heterocycles. The van der Waals surface area contributed by atoms with Crippen molar-refractivity contribution < 1.29 is 19.8 Å². The van der Waals surface area contributed by atoms with E-state index in [0.29, 0.717) is 30.0 Å². The van der Waals surface area contributed by atoms with Gasteiger partial charge in [0, 0.05) is 29.0 Å². The van der Waals surface area contributed by atoms with Gasteiger partial charge in [-0.25, -0.2) is 0 Å². The monoisotopic (exact) mass is 497 g/mol. The van der Waals surface area contributed by atoms with E-state index >= 15 is 0 Å². The average Bonchev–Trinajstić information content (AvgIpc) is 3.03. The molecule has 0 bridgehead atoms. The molecule has 1 heterocycles. The van der Waals surface area contributed by atoms with Gasteiger partial charge in [0.2, 0.25) is 5.91 Å². The maximum absolute atomic E-state index is 13.0. The van der Waals surface area contributed by atoms with Gasteiger partial charge in [-0.1, -0.05) is 80.8 Å². The Morgan fingerprint density at radius 1 is 1.17 bits per heavy atom. The Morgan fingerprint density at radius 2 is 1.89 bits per heavy atom. The molecular formula is C29H36ClNO4. The number of likely N-dealkylation sites (tertiary alicyclic amines) is 1. The second-order valence-corrected chi connectivity index (χ2v) is 10.5. The molecule has 5 nitrogen and oxygen atoms in total. The zero-order valence-electron chi connectivity index (χ0n) is 20.8. The summed E-state index contributed by atoms with van der Waals surface area (Å²) in [6.45, 7) is 6.60. The van der Waals surface area contributed by atoms with Gasteiger partial charge in [-0.2, -0.15) is 0 Å². The number of carbonyl (C=O) groups excluding carboxylic acids is 1. The summed E-state index contributed by atoms with van der Waals surface area (Å²) in [5.74, 6) is -0.651. The zero-order chi connectivity index (χ0) is 25.6. The summed E-state index contributed by atoms with van der Waals surface area (Å²) in [6.07, 6.45) is 6.87. The third kappa shape index (κ3) is 6.96. The number of benzene rings is 2. The fraction of sp³-hybridized carbons (Fsp3) is 0.448. The van der Waals surface area contributed by atoms with Gasteiger partial charge in [-0.15, -0.1) is 0 Å². The van der Waals surface area contributed by atoms with Gasteiger partial charge in [0.15, 0.2) is 0 Å². The van der Waals surface area contributed by atoms with E-state index in [1.54, 1.807) is 6.08 Å². The molecule has 1 unspecified atom stereocenters. The molecule has 1 fully saturated rings. The molecule has 0 spiro atoms. The largest absolute Gasteiger partial charge is 0.481 e. The van der Waals surface area contributed by atoms with E-state index in [-0.39, 0.29) is 18.4 Å². The number of carboxylic acids is 1. The summed E-state index contributed by atoms with van der Waals surface area (Å²) in [5, 5.41) is 20.2. The first-order chi connectivity index (χ1) is 16.6. The molecule has 1 amide bonds. The maximum Gasteiger partial charge on any atom is 0.303 e. The SMILES string of the molecule is Cc1ccccc1-c1ccc(Cl)c([C@H](O)/C=C/C2CC(C)(C)C(=O)N2CCCCCCC(=O)O)c1. The number of halogens is 1. The van der Waals surface area contributed by atoms with Crippen LogP contribution in [0.15, 0.2) is 54.6 Å². The van der Waals surface area contributed by atoms with Crippen LogP contribution in [-0.2, 0) is 9.59 Å². The Hall–Kier alpha value is -2.63. The van der Waals surface area contributed by atoms with Crippen molar-refractivity contribution in [2.75, 3.05) is 6.54 Å². The number of aliphatic hydroxyl groups excluding tert-OH is 1. The predicted octanol–water partition coefficient (Wildman–Crippen LogP) is 6.57. The van der Waals surface area contributed by atoms with E-state index in [2.05, 4.69) is 19.1 Å². The Morgan fingerprint density at radius 3 is 2.60 bits per heavy atom. The van der Waals surface area contributed by atoms with Crippen LogP contribution in [0.25, 0.3) is 11.1 Å². The fourth-order valence-corrected chi connectivity index (χ4v) is 5.01. The summed E-state index contributed by atoms with van der Waals surface area (Å²) < 4.78 is 0. The molecule has 188 valence electrons. The first-order valence-corrected chi connectivity index (χ1v) is 12.7. The minimum atomic E-state index is -0.886. The molecule has 3 rings (SSSR count). The van der Waals surface area contributed by atoms with Crippen molar-refractivity contribution in [1.82, 2.24) is 4.90 Å². The van der Waals surface area contributed by atoms with Crippen LogP contribution in [0.5, 0.6) is 0 Å². The fourth-order valence-electron chi connectivity index (χ4n) is 4.78. The number of hydrogen-bond acceptors (Lipinski definition) is 3. The smallest absolute Gasteiger partial charge is 0.303 e. The average molecular weight is 498 g/mol. The van der Waals surface area contributed by atoms with Crippen molar-refractivity contribution in [2.45, 2.75) is 71.4 Å². The molecule has 2 N–H and O–H groups in total. The second-order valence-electron chi connectivity index (χ2n) is 10.1. The molecule has 1 saturated heterocycles. The lowest BCUT2D eigenvalue weighted by atomic mass is 9.89. The molecular weight excluding hydrogens is 462 g/mol. The lowest BCUT2D eigenvalue weighted by Crippen LogP contribution is -2.35. The first kappa shape index (κ1) is 27.0. The number of carbonyl (C=O) groups is 2. The van der Waals surface area contributed by atoms with Crippen LogP contribution >= 0.6 is 11.6 Å². The van der Waals surface area contributed by atoms with Gasteiger partial charge in [-0.3, -0.25) is 9.59 Å². The number of hydrogen-bond donors (Lipinski definition) is 2. The number of unbranched alkanes of at least 4 members (excludes halogenated alkanes) is 3. The summed E-state index contributed by atoms with van der Waals surface area (Å²) in [7, 11) is 0. The minimum Gasteiger partial charge on any atom is -0.481 e. The normalized spacial score (nSPS) is 18.4. The molecule has 0 saturated carbocycles. The molecule has 0 radical (unpaired) electrons. The van der Waals surface area contributed by atoms with E-state index in [0.717, 1.165) is 36.0 Å². The highest BCUT2D eigenvalue weighted by Gasteiger charge is 2.43. The van der Waals surface area contributed by atoms with E-state index in [9.17, 15) is 14.7 Å². The highest BCUT2D eigenvalue weighted by molar-refractivity contribution is 6.31. The van der Waals surface area contributed by atoms with Crippen LogP contribution in [0.3, 0.4) is 0 Å². The summed E-state index contributed by atoms with van der Waals surface area (Å²) >= 11 is 6.45. The highest BCUT2D eigenvalue weighted by atomic mass is 35.5. The van der Waals surface area contributed by atoms with Gasteiger partial charge >= 0.3 is 5.97 Å². The lowest BCUT2D eigenvalue weighted by Gasteiger charge is -2.23. The molecule has 2 atom stereocenters. The Labute approximate surface area is 213 Å². The number of rotatable bonds is 11. The number of aliphatic hydroxyl groups is 1. The molecule has 1 aliphatic rings. The Balaban J connectivity index is 1.70. The van der Waals surface area contributed by atoms with Gasteiger partial charge in [0.1, 0.15) is 0 Å². The van der Waals surface area contributed by atoms with Gasteiger partial charge in [0.25, 0.3) is 0 Å². The molecule has 0 aliphatic carbocycles. The van der Waals surface area contributed by atoms with Gasteiger partial charge < -0.3 is 15.1 Å². The van der Waals surface area contributed by atoms with Gasteiger partial charge in [0.05, 0.1) is 12.1 Å². The summed E-state index contributed by atoms with van der Waals surface area (Å²) in [5.41, 5.74) is 3.43. The standard InChI is InChI=1S/C29H36ClNO4/c1-20-10-7-8-11-23(20)21-13-15-25(30)24(18-21)26(32)16-14-22-19-29(2,3)28(35)31(22)17-9-5-4-6-12-27(33)34/h7-8,10-11,13-16,18,22,26,32H,4-6,9,12,17,19H2,1-3H3,(H,33,34)/b16-14+/t22?,26-/m1/s1. The van der Waals surface area contributed by atoms with Crippen LogP contribution < -0.4 is 0 Å². The Kier molecular flexibility index (Phi) is 9.15. The maximum atomic E-state index is 13.0. The number of amides is 1. The second kappa shape index (κ2) is 11.9. The molecule has 6 heteroatoms. The molecule has 0 aromatic heterocycles.